The molecule has 0 fully saturated rings. The second kappa shape index (κ2) is 6.91. The molecule has 1 N–H and O–H groups in total. The van der Waals surface area contributed by atoms with Gasteiger partial charge in [0, 0.05) is 5.56 Å². The van der Waals surface area contributed by atoms with Gasteiger partial charge < -0.3 is 10.1 Å². The predicted molar refractivity (Wildman–Crippen MR) is 106 cm³/mol. The number of aromatic nitrogens is 2. The summed E-state index contributed by atoms with van der Waals surface area (Å²) in [5, 5.41) is 16.3. The first-order valence-electron chi connectivity index (χ1n) is 9.09. The van der Waals surface area contributed by atoms with E-state index in [4.69, 9.17) is 4.74 Å². The fourth-order valence-corrected chi connectivity index (χ4v) is 3.29. The second-order valence-electron chi connectivity index (χ2n) is 7.39. The lowest BCUT2D eigenvalue weighted by Gasteiger charge is -2.31. The number of nitrogens with one attached hydrogen (secondary N) is 1. The minimum atomic E-state index is -0.572. The van der Waals surface area contributed by atoms with Gasteiger partial charge >= 0.3 is 0 Å². The Bertz CT molecular complexity index is 1160. The Morgan fingerprint density at radius 1 is 1.24 bits per heavy atom. The van der Waals surface area contributed by atoms with Crippen LogP contribution in [0.5, 0.6) is 5.75 Å². The van der Waals surface area contributed by atoms with Gasteiger partial charge in [0.1, 0.15) is 23.0 Å². The monoisotopic (exact) mass is 386 g/mol. The molecule has 1 aliphatic rings. The highest BCUT2D eigenvalue weighted by atomic mass is 16.5. The van der Waals surface area contributed by atoms with Crippen molar-refractivity contribution in [2.75, 3.05) is 5.32 Å². The van der Waals surface area contributed by atoms with Gasteiger partial charge in [0.15, 0.2) is 11.6 Å². The molecule has 2 heterocycles. The highest BCUT2D eigenvalue weighted by Crippen LogP contribution is 2.33. The van der Waals surface area contributed by atoms with E-state index >= 15 is 0 Å². The number of fused-ring (bicyclic) bond motifs is 1. The summed E-state index contributed by atoms with van der Waals surface area (Å²) in [7, 11) is 0. The molecule has 0 unspecified atom stereocenters. The number of carbonyl (C=O) groups is 2. The van der Waals surface area contributed by atoms with Crippen LogP contribution in [0.2, 0.25) is 0 Å². The van der Waals surface area contributed by atoms with Gasteiger partial charge in [0.25, 0.3) is 5.91 Å². The topological polar surface area (TPSA) is 97.0 Å². The Morgan fingerprint density at radius 3 is 2.72 bits per heavy atom. The smallest absolute Gasteiger partial charge is 0.256 e. The molecular formula is C22H18N4O3. The Balaban J connectivity index is 1.67. The van der Waals surface area contributed by atoms with Crippen molar-refractivity contribution in [3.63, 3.8) is 0 Å². The number of hydrogen-bond donors (Lipinski definition) is 1. The molecule has 7 nitrogen and oxygen atoms in total. The van der Waals surface area contributed by atoms with Crippen LogP contribution in [0.1, 0.15) is 46.5 Å². The van der Waals surface area contributed by atoms with E-state index in [1.165, 1.54) is 16.9 Å². The van der Waals surface area contributed by atoms with E-state index in [1.807, 2.05) is 50.2 Å². The van der Waals surface area contributed by atoms with Crippen LogP contribution in [0.25, 0.3) is 5.69 Å². The molecule has 0 atom stereocenters. The molecular weight excluding hydrogens is 368 g/mol. The van der Waals surface area contributed by atoms with Crippen molar-refractivity contribution in [2.24, 2.45) is 0 Å². The van der Waals surface area contributed by atoms with Gasteiger partial charge in [-0.15, -0.1) is 0 Å². The van der Waals surface area contributed by atoms with Crippen LogP contribution >= 0.6 is 0 Å². The molecule has 0 radical (unpaired) electrons. The van der Waals surface area contributed by atoms with Crippen molar-refractivity contribution in [3.05, 3.63) is 71.4 Å². The summed E-state index contributed by atoms with van der Waals surface area (Å²) in [4.78, 5) is 25.3. The molecule has 0 aliphatic carbocycles. The van der Waals surface area contributed by atoms with Gasteiger partial charge in [-0.1, -0.05) is 18.2 Å². The quantitative estimate of drug-likeness (QED) is 0.740. The number of anilines is 1. The molecule has 1 aromatic heterocycles. The lowest BCUT2D eigenvalue weighted by atomic mass is 9.92. The maximum Gasteiger partial charge on any atom is 0.256 e. The van der Waals surface area contributed by atoms with Crippen molar-refractivity contribution in [1.29, 1.82) is 5.26 Å². The number of ketones is 1. The minimum Gasteiger partial charge on any atom is -0.487 e. The molecule has 3 aromatic rings. The van der Waals surface area contributed by atoms with Crippen LogP contribution in [0.15, 0.2) is 54.7 Å². The number of amides is 1. The summed E-state index contributed by atoms with van der Waals surface area (Å²) < 4.78 is 7.33. The van der Waals surface area contributed by atoms with Crippen molar-refractivity contribution >= 4 is 17.5 Å². The number of carbonyl (C=O) groups excluding carboxylic acids is 2. The standard InChI is InChI=1S/C22H18N4O3/c1-22(2)11-18(27)17-10-14(8-9-19(17)29-22)21(28)25-20-15(12-23)13-24-26(20)16-6-4-3-5-7-16/h3-10,13H,11H2,1-2H3,(H,25,28). The Kier molecular flexibility index (Phi) is 4.40. The molecule has 29 heavy (non-hydrogen) atoms. The van der Waals surface area contributed by atoms with Crippen molar-refractivity contribution in [1.82, 2.24) is 9.78 Å². The van der Waals surface area contributed by atoms with E-state index in [0.29, 0.717) is 22.6 Å². The third-order valence-corrected chi connectivity index (χ3v) is 4.64. The third kappa shape index (κ3) is 3.48. The van der Waals surface area contributed by atoms with Crippen molar-refractivity contribution in [3.8, 4) is 17.5 Å². The van der Waals surface area contributed by atoms with E-state index in [1.54, 1.807) is 12.1 Å². The molecule has 0 bridgehead atoms. The van der Waals surface area contributed by atoms with Crippen molar-refractivity contribution < 1.29 is 14.3 Å². The summed E-state index contributed by atoms with van der Waals surface area (Å²) in [6, 6.07) is 16.0. The number of nitriles is 1. The molecule has 2 aromatic carbocycles. The summed E-state index contributed by atoms with van der Waals surface area (Å²) >= 11 is 0. The van der Waals surface area contributed by atoms with Gasteiger partial charge in [-0.05, 0) is 44.2 Å². The maximum atomic E-state index is 12.9. The molecule has 4 rings (SSSR count). The zero-order valence-corrected chi connectivity index (χ0v) is 16.0. The number of Topliss-reactive ketones (excluding diaryl/α,β-unsaturated/α-hetero) is 1. The van der Waals surface area contributed by atoms with Crippen molar-refractivity contribution in [2.45, 2.75) is 25.9 Å². The van der Waals surface area contributed by atoms with E-state index in [0.717, 1.165) is 0 Å². The largest absolute Gasteiger partial charge is 0.487 e. The fraction of sp³-hybridized carbons (Fsp3) is 0.182. The number of rotatable bonds is 3. The van der Waals surface area contributed by atoms with Gasteiger partial charge in [-0.3, -0.25) is 9.59 Å². The molecule has 144 valence electrons. The molecule has 7 heteroatoms. The third-order valence-electron chi connectivity index (χ3n) is 4.64. The van der Waals surface area contributed by atoms with Crippen LogP contribution in [0, 0.1) is 11.3 Å². The van der Waals surface area contributed by atoms with E-state index in [9.17, 15) is 14.9 Å². The first-order valence-corrected chi connectivity index (χ1v) is 9.09. The van der Waals surface area contributed by atoms with E-state index < -0.39 is 11.5 Å². The highest BCUT2D eigenvalue weighted by Gasteiger charge is 2.33. The molecule has 0 spiro atoms. The second-order valence-corrected chi connectivity index (χ2v) is 7.39. The van der Waals surface area contributed by atoms with Crippen LogP contribution in [0.3, 0.4) is 0 Å². The Morgan fingerprint density at radius 2 is 2.00 bits per heavy atom. The summed E-state index contributed by atoms with van der Waals surface area (Å²) in [5.41, 5.74) is 1.05. The van der Waals surface area contributed by atoms with Gasteiger partial charge in [0.05, 0.1) is 23.9 Å². The average Bonchev–Trinajstić information content (AvgIpc) is 3.10. The van der Waals surface area contributed by atoms with Crippen LogP contribution in [-0.2, 0) is 0 Å². The Hall–Kier alpha value is -3.92. The number of nitrogens with zero attached hydrogens (tertiary/aromatic N) is 3. The molecule has 0 saturated carbocycles. The maximum absolute atomic E-state index is 12.9. The summed E-state index contributed by atoms with van der Waals surface area (Å²) in [5.74, 6) is 0.220. The van der Waals surface area contributed by atoms with E-state index in [2.05, 4.69) is 10.4 Å². The van der Waals surface area contributed by atoms with Crippen LogP contribution in [0.4, 0.5) is 5.82 Å². The zero-order valence-electron chi connectivity index (χ0n) is 16.0. The molecule has 1 amide bonds. The lowest BCUT2D eigenvalue weighted by molar-refractivity contribution is 0.0620. The minimum absolute atomic E-state index is 0.0714. The van der Waals surface area contributed by atoms with Crippen LogP contribution < -0.4 is 10.1 Å². The SMILES string of the molecule is CC1(C)CC(=O)c2cc(C(=O)Nc3c(C#N)cnn3-c3ccccc3)ccc2O1. The highest BCUT2D eigenvalue weighted by molar-refractivity contribution is 6.08. The predicted octanol–water partition coefficient (Wildman–Crippen LogP) is 3.74. The van der Waals surface area contributed by atoms with Gasteiger partial charge in [0.2, 0.25) is 0 Å². The summed E-state index contributed by atoms with van der Waals surface area (Å²) in [6.45, 7) is 3.70. The van der Waals surface area contributed by atoms with Gasteiger partial charge in [-0.25, -0.2) is 4.68 Å². The average molecular weight is 386 g/mol. The lowest BCUT2D eigenvalue weighted by Crippen LogP contribution is -2.36. The first-order chi connectivity index (χ1) is 13.9. The summed E-state index contributed by atoms with van der Waals surface area (Å²) in [6.07, 6.45) is 1.64. The molecule has 0 saturated heterocycles. The first kappa shape index (κ1) is 18.4. The zero-order chi connectivity index (χ0) is 20.6. The van der Waals surface area contributed by atoms with E-state index in [-0.39, 0.29) is 23.6 Å². The Labute approximate surface area is 167 Å². The van der Waals surface area contributed by atoms with Gasteiger partial charge in [-0.2, -0.15) is 10.4 Å². The number of para-hydroxylation sites is 1. The number of hydrogen-bond acceptors (Lipinski definition) is 5. The normalized spacial score (nSPS) is 14.4. The van der Waals surface area contributed by atoms with Crippen LogP contribution in [-0.4, -0.2) is 27.1 Å². The number of benzene rings is 2. The fourth-order valence-electron chi connectivity index (χ4n) is 3.29. The number of ether oxygens (including phenoxy) is 1. The molecule has 1 aliphatic heterocycles.